The fourth-order valence-corrected chi connectivity index (χ4v) is 2.89. The van der Waals surface area contributed by atoms with E-state index in [-0.39, 0.29) is 36.8 Å². The van der Waals surface area contributed by atoms with Crippen LogP contribution in [0.15, 0.2) is 41.0 Å². The van der Waals surface area contributed by atoms with Crippen LogP contribution in [0.1, 0.15) is 34.5 Å². The predicted molar refractivity (Wildman–Crippen MR) is 94.0 cm³/mol. The van der Waals surface area contributed by atoms with Crippen LogP contribution in [0.25, 0.3) is 0 Å². The van der Waals surface area contributed by atoms with Gasteiger partial charge in [0.2, 0.25) is 0 Å². The first-order valence-corrected chi connectivity index (χ1v) is 8.08. The molecule has 0 spiro atoms. The molecule has 1 unspecified atom stereocenters. The molecule has 1 saturated heterocycles. The van der Waals surface area contributed by atoms with Gasteiger partial charge in [0, 0.05) is 19.7 Å². The second-order valence-corrected chi connectivity index (χ2v) is 5.96. The summed E-state index contributed by atoms with van der Waals surface area (Å²) in [7, 11) is 0. The van der Waals surface area contributed by atoms with E-state index < -0.39 is 0 Å². The van der Waals surface area contributed by atoms with Crippen molar-refractivity contribution in [2.45, 2.75) is 32.0 Å². The molecule has 0 aliphatic carbocycles. The summed E-state index contributed by atoms with van der Waals surface area (Å²) >= 11 is 0. The van der Waals surface area contributed by atoms with Crippen molar-refractivity contribution in [1.29, 1.82) is 0 Å². The largest absolute Gasteiger partial charge is 0.467 e. The molecule has 2 heterocycles. The van der Waals surface area contributed by atoms with Gasteiger partial charge in [-0.05, 0) is 36.6 Å². The molecule has 1 aliphatic rings. The number of carbonyl (C=O) groups excluding carboxylic acids is 1. The minimum atomic E-state index is -0.314. The molecule has 0 bridgehead atoms. The number of benzene rings is 1. The van der Waals surface area contributed by atoms with Crippen molar-refractivity contribution in [3.8, 4) is 0 Å². The molecule has 3 rings (SSSR count). The molecule has 7 heteroatoms. The standard InChI is InChI=1S/C18H21FN2O3.ClH/c19-15-4-1-3-13(7-15)10-21(11-16-5-2-6-23-16)18(22)14-8-17(9-20)24-12-14;/h1,3-4,7-8,12,16H,2,5-6,9-11,20H2;1H. The van der Waals surface area contributed by atoms with Gasteiger partial charge in [0.05, 0.1) is 18.2 Å². The van der Waals surface area contributed by atoms with Crippen LogP contribution >= 0.6 is 12.4 Å². The Morgan fingerprint density at radius 2 is 2.20 bits per heavy atom. The molecule has 2 N–H and O–H groups in total. The zero-order valence-electron chi connectivity index (χ0n) is 13.8. The van der Waals surface area contributed by atoms with Crippen LogP contribution in [0, 0.1) is 5.82 Å². The number of carbonyl (C=O) groups is 1. The van der Waals surface area contributed by atoms with Gasteiger partial charge in [-0.1, -0.05) is 12.1 Å². The van der Waals surface area contributed by atoms with Gasteiger partial charge < -0.3 is 19.8 Å². The van der Waals surface area contributed by atoms with Crippen LogP contribution in [0.4, 0.5) is 4.39 Å². The number of furan rings is 1. The Labute approximate surface area is 152 Å². The number of nitrogens with two attached hydrogens (primary N) is 1. The SMILES string of the molecule is Cl.NCc1cc(C(=O)N(Cc2cccc(F)c2)CC2CCCO2)co1. The number of amides is 1. The normalized spacial score (nSPS) is 16.5. The predicted octanol–water partition coefficient (Wildman–Crippen LogP) is 3.12. The van der Waals surface area contributed by atoms with E-state index in [0.29, 0.717) is 24.4 Å². The van der Waals surface area contributed by atoms with Gasteiger partial charge in [0.1, 0.15) is 17.8 Å². The number of hydrogen-bond donors (Lipinski definition) is 1. The van der Waals surface area contributed by atoms with Crippen LogP contribution in [0.2, 0.25) is 0 Å². The highest BCUT2D eigenvalue weighted by Gasteiger charge is 2.24. The Bertz CT molecular complexity index is 701. The van der Waals surface area contributed by atoms with E-state index in [1.807, 2.05) is 0 Å². The van der Waals surface area contributed by atoms with Crippen LogP contribution in [-0.2, 0) is 17.8 Å². The van der Waals surface area contributed by atoms with Crippen LogP contribution in [0.3, 0.4) is 0 Å². The maximum Gasteiger partial charge on any atom is 0.257 e. The number of hydrogen-bond acceptors (Lipinski definition) is 4. The molecule has 25 heavy (non-hydrogen) atoms. The first kappa shape index (κ1) is 19.4. The summed E-state index contributed by atoms with van der Waals surface area (Å²) in [5, 5.41) is 0. The van der Waals surface area contributed by atoms with Crippen molar-refractivity contribution in [3.63, 3.8) is 0 Å². The minimum absolute atomic E-state index is 0. The third-order valence-corrected chi connectivity index (χ3v) is 4.10. The van der Waals surface area contributed by atoms with E-state index in [4.69, 9.17) is 14.9 Å². The van der Waals surface area contributed by atoms with Gasteiger partial charge >= 0.3 is 0 Å². The summed E-state index contributed by atoms with van der Waals surface area (Å²) in [6.07, 6.45) is 3.35. The lowest BCUT2D eigenvalue weighted by Gasteiger charge is -2.25. The van der Waals surface area contributed by atoms with Crippen molar-refractivity contribution in [1.82, 2.24) is 4.90 Å². The summed E-state index contributed by atoms with van der Waals surface area (Å²) in [6.45, 7) is 1.75. The lowest BCUT2D eigenvalue weighted by molar-refractivity contribution is 0.0506. The Kier molecular flexibility index (Phi) is 6.99. The molecule has 1 atom stereocenters. The average molecular weight is 369 g/mol. The summed E-state index contributed by atoms with van der Waals surface area (Å²) in [4.78, 5) is 14.5. The molecule has 0 radical (unpaired) electrons. The van der Waals surface area contributed by atoms with Gasteiger partial charge in [-0.3, -0.25) is 4.79 Å². The van der Waals surface area contributed by atoms with E-state index in [0.717, 1.165) is 25.0 Å². The smallest absolute Gasteiger partial charge is 0.257 e. The Morgan fingerprint density at radius 1 is 1.36 bits per heavy atom. The quantitative estimate of drug-likeness (QED) is 0.850. The average Bonchev–Trinajstić information content (AvgIpc) is 3.25. The van der Waals surface area contributed by atoms with E-state index in [2.05, 4.69) is 0 Å². The second kappa shape index (κ2) is 8.99. The maximum atomic E-state index is 13.4. The number of ether oxygens (including phenoxy) is 1. The van der Waals surface area contributed by atoms with Crippen molar-refractivity contribution in [2.75, 3.05) is 13.2 Å². The summed E-state index contributed by atoms with van der Waals surface area (Å²) in [5.74, 6) is 0.0742. The van der Waals surface area contributed by atoms with Crippen molar-refractivity contribution in [3.05, 3.63) is 59.3 Å². The summed E-state index contributed by atoms with van der Waals surface area (Å²) in [5.41, 5.74) is 6.72. The molecule has 0 saturated carbocycles. The van der Waals surface area contributed by atoms with E-state index in [9.17, 15) is 9.18 Å². The third kappa shape index (κ3) is 5.04. The Balaban J connectivity index is 0.00000225. The van der Waals surface area contributed by atoms with Gasteiger partial charge in [-0.2, -0.15) is 0 Å². The fourth-order valence-electron chi connectivity index (χ4n) is 2.89. The van der Waals surface area contributed by atoms with Gasteiger partial charge in [-0.25, -0.2) is 4.39 Å². The highest BCUT2D eigenvalue weighted by atomic mass is 35.5. The summed E-state index contributed by atoms with van der Waals surface area (Å²) in [6, 6.07) is 7.93. The van der Waals surface area contributed by atoms with E-state index >= 15 is 0 Å². The van der Waals surface area contributed by atoms with Crippen molar-refractivity contribution in [2.24, 2.45) is 5.73 Å². The van der Waals surface area contributed by atoms with Crippen LogP contribution in [0.5, 0.6) is 0 Å². The lowest BCUT2D eigenvalue weighted by atomic mass is 10.1. The van der Waals surface area contributed by atoms with E-state index in [1.54, 1.807) is 23.1 Å². The molecule has 1 amide bonds. The maximum absolute atomic E-state index is 13.4. The minimum Gasteiger partial charge on any atom is -0.467 e. The summed E-state index contributed by atoms with van der Waals surface area (Å²) < 4.78 is 24.3. The molecule has 1 aliphatic heterocycles. The van der Waals surface area contributed by atoms with Crippen LogP contribution in [-0.4, -0.2) is 30.1 Å². The second-order valence-electron chi connectivity index (χ2n) is 5.96. The van der Waals surface area contributed by atoms with Gasteiger partial charge in [0.25, 0.3) is 5.91 Å². The van der Waals surface area contributed by atoms with Gasteiger partial charge in [0.15, 0.2) is 0 Å². The first-order chi connectivity index (χ1) is 11.7. The van der Waals surface area contributed by atoms with Gasteiger partial charge in [-0.15, -0.1) is 12.4 Å². The third-order valence-electron chi connectivity index (χ3n) is 4.10. The molecular weight excluding hydrogens is 347 g/mol. The highest BCUT2D eigenvalue weighted by Crippen LogP contribution is 2.18. The molecule has 1 fully saturated rings. The number of rotatable bonds is 6. The first-order valence-electron chi connectivity index (χ1n) is 8.08. The molecule has 5 nitrogen and oxygen atoms in total. The number of nitrogens with zero attached hydrogens (tertiary/aromatic N) is 1. The lowest BCUT2D eigenvalue weighted by Crippen LogP contribution is -2.36. The monoisotopic (exact) mass is 368 g/mol. The highest BCUT2D eigenvalue weighted by molar-refractivity contribution is 5.94. The van der Waals surface area contributed by atoms with E-state index in [1.165, 1.54) is 18.4 Å². The number of halogens is 2. The molecule has 1 aromatic carbocycles. The van der Waals surface area contributed by atoms with Crippen molar-refractivity contribution < 1.29 is 18.3 Å². The van der Waals surface area contributed by atoms with Crippen LogP contribution < -0.4 is 5.73 Å². The molecule has 1 aromatic heterocycles. The topological polar surface area (TPSA) is 68.7 Å². The molecule has 136 valence electrons. The zero-order valence-corrected chi connectivity index (χ0v) is 14.6. The molecule has 2 aromatic rings. The Morgan fingerprint density at radius 3 is 2.84 bits per heavy atom. The zero-order chi connectivity index (χ0) is 16.9. The fraction of sp³-hybridized carbons (Fsp3) is 0.389. The molecular formula is C18H22ClFN2O3. The Hall–Kier alpha value is -1.89. The van der Waals surface area contributed by atoms with Crippen molar-refractivity contribution >= 4 is 18.3 Å².